The lowest BCUT2D eigenvalue weighted by Crippen LogP contribution is -2.39. The molecule has 4 heterocycles. The van der Waals surface area contributed by atoms with E-state index in [9.17, 15) is 4.79 Å². The Balaban J connectivity index is 1.40. The second-order valence-electron chi connectivity index (χ2n) is 7.07. The van der Waals surface area contributed by atoms with Crippen LogP contribution in [0.15, 0.2) is 27.5 Å². The standard InChI is InChI=1S/C18H23N3O3/c1-12-17(13(2)24-19-12)10-20-5-3-14-8-21(9-16(14)7-20)18(22)15-4-6-23-11-15/h4,6,11,14,16H,3,5,7-10H2,1-2H3/t14-,16+/m0/s1. The lowest BCUT2D eigenvalue weighted by atomic mass is 9.88. The summed E-state index contributed by atoms with van der Waals surface area (Å²) < 4.78 is 10.3. The third-order valence-corrected chi connectivity index (χ3v) is 5.50. The maximum Gasteiger partial charge on any atom is 0.257 e. The molecule has 0 bridgehead atoms. The Morgan fingerprint density at radius 2 is 2.12 bits per heavy atom. The molecule has 0 aliphatic carbocycles. The maximum absolute atomic E-state index is 12.5. The van der Waals surface area contributed by atoms with Gasteiger partial charge in [-0.2, -0.15) is 0 Å². The minimum Gasteiger partial charge on any atom is -0.472 e. The number of rotatable bonds is 3. The molecule has 0 spiro atoms. The monoisotopic (exact) mass is 329 g/mol. The van der Waals surface area contributed by atoms with Gasteiger partial charge in [-0.15, -0.1) is 0 Å². The van der Waals surface area contributed by atoms with E-state index in [-0.39, 0.29) is 5.91 Å². The molecule has 0 radical (unpaired) electrons. The summed E-state index contributed by atoms with van der Waals surface area (Å²) in [6, 6.07) is 1.74. The van der Waals surface area contributed by atoms with Crippen LogP contribution in [0.3, 0.4) is 0 Å². The van der Waals surface area contributed by atoms with Crippen molar-refractivity contribution >= 4 is 5.91 Å². The van der Waals surface area contributed by atoms with Gasteiger partial charge in [0.2, 0.25) is 0 Å². The van der Waals surface area contributed by atoms with E-state index in [4.69, 9.17) is 8.94 Å². The van der Waals surface area contributed by atoms with Crippen molar-refractivity contribution in [2.24, 2.45) is 11.8 Å². The van der Waals surface area contributed by atoms with E-state index < -0.39 is 0 Å². The smallest absolute Gasteiger partial charge is 0.257 e. The quantitative estimate of drug-likeness (QED) is 0.866. The zero-order valence-electron chi connectivity index (χ0n) is 14.2. The first-order valence-corrected chi connectivity index (χ1v) is 8.57. The van der Waals surface area contributed by atoms with Crippen molar-refractivity contribution in [3.8, 4) is 0 Å². The third kappa shape index (κ3) is 2.75. The zero-order valence-corrected chi connectivity index (χ0v) is 14.2. The molecule has 2 aliphatic rings. The van der Waals surface area contributed by atoms with Gasteiger partial charge in [-0.1, -0.05) is 5.16 Å². The lowest BCUT2D eigenvalue weighted by Gasteiger charge is -2.34. The number of nitrogens with zero attached hydrogens (tertiary/aromatic N) is 3. The number of furan rings is 1. The molecule has 1 amide bonds. The van der Waals surface area contributed by atoms with Gasteiger partial charge in [0.15, 0.2) is 0 Å². The minimum atomic E-state index is 0.0930. The Bertz CT molecular complexity index is 702. The third-order valence-electron chi connectivity index (χ3n) is 5.50. The highest BCUT2D eigenvalue weighted by Gasteiger charge is 2.39. The summed E-state index contributed by atoms with van der Waals surface area (Å²) in [6.45, 7) is 8.67. The van der Waals surface area contributed by atoms with Crippen molar-refractivity contribution < 1.29 is 13.7 Å². The van der Waals surface area contributed by atoms with E-state index in [0.29, 0.717) is 17.4 Å². The van der Waals surface area contributed by atoms with Gasteiger partial charge in [-0.05, 0) is 44.7 Å². The average Bonchev–Trinajstić information content (AvgIpc) is 3.30. The van der Waals surface area contributed by atoms with E-state index in [0.717, 1.165) is 50.6 Å². The summed E-state index contributed by atoms with van der Waals surface area (Å²) in [4.78, 5) is 17.0. The van der Waals surface area contributed by atoms with Crippen LogP contribution in [0.4, 0.5) is 0 Å². The lowest BCUT2D eigenvalue weighted by molar-refractivity contribution is 0.0783. The first-order chi connectivity index (χ1) is 11.6. The van der Waals surface area contributed by atoms with Gasteiger partial charge < -0.3 is 13.8 Å². The van der Waals surface area contributed by atoms with E-state index in [1.54, 1.807) is 12.3 Å². The van der Waals surface area contributed by atoms with E-state index in [1.807, 2.05) is 18.7 Å². The van der Waals surface area contributed by atoms with Crippen LogP contribution in [-0.2, 0) is 6.54 Å². The molecule has 2 aliphatic heterocycles. The molecule has 0 unspecified atom stereocenters. The van der Waals surface area contributed by atoms with Gasteiger partial charge in [-0.3, -0.25) is 9.69 Å². The first kappa shape index (κ1) is 15.4. The Labute approximate surface area is 141 Å². The van der Waals surface area contributed by atoms with E-state index in [1.165, 1.54) is 11.8 Å². The van der Waals surface area contributed by atoms with Gasteiger partial charge in [0, 0.05) is 31.7 Å². The number of carbonyl (C=O) groups excluding carboxylic acids is 1. The van der Waals surface area contributed by atoms with Crippen molar-refractivity contribution in [3.05, 3.63) is 41.2 Å². The van der Waals surface area contributed by atoms with Crippen LogP contribution in [0.1, 0.15) is 33.8 Å². The highest BCUT2D eigenvalue weighted by atomic mass is 16.5. The zero-order chi connectivity index (χ0) is 16.7. The summed E-state index contributed by atoms with van der Waals surface area (Å²) in [7, 11) is 0. The fourth-order valence-corrected chi connectivity index (χ4v) is 4.07. The van der Waals surface area contributed by atoms with Gasteiger partial charge in [0.05, 0.1) is 17.5 Å². The topological polar surface area (TPSA) is 62.7 Å². The Kier molecular flexibility index (Phi) is 3.92. The number of amides is 1. The number of piperidine rings is 1. The highest BCUT2D eigenvalue weighted by Crippen LogP contribution is 2.33. The van der Waals surface area contributed by atoms with Gasteiger partial charge in [0.25, 0.3) is 5.91 Å². The summed E-state index contributed by atoms with van der Waals surface area (Å²) in [5, 5.41) is 4.05. The van der Waals surface area contributed by atoms with Crippen LogP contribution < -0.4 is 0 Å². The van der Waals surface area contributed by atoms with Crippen LogP contribution in [0.25, 0.3) is 0 Å². The fourth-order valence-electron chi connectivity index (χ4n) is 4.07. The fraction of sp³-hybridized carbons (Fsp3) is 0.556. The Morgan fingerprint density at radius 1 is 1.29 bits per heavy atom. The van der Waals surface area contributed by atoms with Crippen LogP contribution >= 0.6 is 0 Å². The molecule has 0 aromatic carbocycles. The first-order valence-electron chi connectivity index (χ1n) is 8.57. The molecule has 4 rings (SSSR count). The molecule has 0 N–H and O–H groups in total. The number of carbonyl (C=O) groups is 1. The van der Waals surface area contributed by atoms with E-state index in [2.05, 4.69) is 10.1 Å². The molecule has 0 saturated carbocycles. The van der Waals surface area contributed by atoms with Gasteiger partial charge in [-0.25, -0.2) is 0 Å². The average molecular weight is 329 g/mol. The van der Waals surface area contributed by atoms with Crippen molar-refractivity contribution in [3.63, 3.8) is 0 Å². The number of hydrogen-bond donors (Lipinski definition) is 0. The van der Waals surface area contributed by atoms with Crippen molar-refractivity contribution in [2.45, 2.75) is 26.8 Å². The molecular formula is C18H23N3O3. The predicted octanol–water partition coefficient (Wildman–Crippen LogP) is 2.48. The minimum absolute atomic E-state index is 0.0930. The van der Waals surface area contributed by atoms with Crippen LogP contribution in [0.5, 0.6) is 0 Å². The van der Waals surface area contributed by atoms with Crippen LogP contribution in [0, 0.1) is 25.7 Å². The molecule has 2 saturated heterocycles. The summed E-state index contributed by atoms with van der Waals surface area (Å²) in [5.74, 6) is 2.17. The molecule has 2 fully saturated rings. The van der Waals surface area contributed by atoms with Crippen LogP contribution in [-0.4, -0.2) is 47.0 Å². The molecule has 24 heavy (non-hydrogen) atoms. The van der Waals surface area contributed by atoms with Crippen molar-refractivity contribution in [1.29, 1.82) is 0 Å². The number of aryl methyl sites for hydroxylation is 2. The molecular weight excluding hydrogens is 306 g/mol. The molecule has 2 aromatic rings. The number of aromatic nitrogens is 1. The normalized spacial score (nSPS) is 24.3. The summed E-state index contributed by atoms with van der Waals surface area (Å²) in [6.07, 6.45) is 4.24. The van der Waals surface area contributed by atoms with Crippen molar-refractivity contribution in [2.75, 3.05) is 26.2 Å². The SMILES string of the molecule is Cc1noc(C)c1CN1CC[C@H]2CN(C(=O)c3ccoc3)C[C@H]2C1. The number of likely N-dealkylation sites (tertiary alicyclic amines) is 2. The molecule has 128 valence electrons. The van der Waals surface area contributed by atoms with E-state index >= 15 is 0 Å². The highest BCUT2D eigenvalue weighted by molar-refractivity contribution is 5.94. The van der Waals surface area contributed by atoms with Gasteiger partial charge >= 0.3 is 0 Å². The molecule has 2 aromatic heterocycles. The molecule has 6 heteroatoms. The second-order valence-corrected chi connectivity index (χ2v) is 7.07. The summed E-state index contributed by atoms with van der Waals surface area (Å²) >= 11 is 0. The number of hydrogen-bond acceptors (Lipinski definition) is 5. The molecule has 2 atom stereocenters. The van der Waals surface area contributed by atoms with Crippen molar-refractivity contribution in [1.82, 2.24) is 15.0 Å². The Morgan fingerprint density at radius 3 is 2.83 bits per heavy atom. The largest absolute Gasteiger partial charge is 0.472 e. The maximum atomic E-state index is 12.5. The molecule has 6 nitrogen and oxygen atoms in total. The predicted molar refractivity (Wildman–Crippen MR) is 87.5 cm³/mol. The number of fused-ring (bicyclic) bond motifs is 1. The second kappa shape index (κ2) is 6.09. The Hall–Kier alpha value is -2.08. The van der Waals surface area contributed by atoms with Gasteiger partial charge in [0.1, 0.15) is 12.0 Å². The summed E-state index contributed by atoms with van der Waals surface area (Å²) in [5.41, 5.74) is 2.84. The van der Waals surface area contributed by atoms with Crippen LogP contribution in [0.2, 0.25) is 0 Å².